The second-order valence-corrected chi connectivity index (χ2v) is 8.32. The zero-order valence-corrected chi connectivity index (χ0v) is 17.5. The Morgan fingerprint density at radius 3 is 2.77 bits per heavy atom. The number of benzene rings is 1. The summed E-state index contributed by atoms with van der Waals surface area (Å²) in [5, 5.41) is 0. The summed E-state index contributed by atoms with van der Waals surface area (Å²) in [7, 11) is 0. The number of aromatic nitrogens is 2. The molecule has 1 atom stereocenters. The Labute approximate surface area is 177 Å². The molecular formula is C23H29FN4O2. The maximum atomic E-state index is 13.8. The number of hydrogen-bond acceptors (Lipinski definition) is 5. The van der Waals surface area contributed by atoms with Gasteiger partial charge in [-0.25, -0.2) is 14.4 Å². The average molecular weight is 413 g/mol. The lowest BCUT2D eigenvalue weighted by Gasteiger charge is -2.40. The van der Waals surface area contributed by atoms with E-state index in [-0.39, 0.29) is 17.7 Å². The topological polar surface area (TPSA) is 58.6 Å². The molecule has 0 unspecified atom stereocenters. The molecule has 0 N–H and O–H groups in total. The fourth-order valence-corrected chi connectivity index (χ4v) is 4.51. The highest BCUT2D eigenvalue weighted by molar-refractivity contribution is 5.77. The van der Waals surface area contributed by atoms with Crippen molar-refractivity contribution in [1.82, 2.24) is 14.9 Å². The minimum absolute atomic E-state index is 0.112. The average Bonchev–Trinajstić information content (AvgIpc) is 3.27. The molecule has 6 nitrogen and oxygen atoms in total. The molecule has 2 aromatic rings. The van der Waals surface area contributed by atoms with Crippen LogP contribution in [0.5, 0.6) is 11.6 Å². The monoisotopic (exact) mass is 412 g/mol. The van der Waals surface area contributed by atoms with Crippen LogP contribution in [0.2, 0.25) is 0 Å². The molecule has 1 aromatic heterocycles. The molecule has 1 amide bonds. The van der Waals surface area contributed by atoms with E-state index < -0.39 is 5.82 Å². The normalized spacial score (nSPS) is 19.9. The largest absolute Gasteiger partial charge is 0.436 e. The highest BCUT2D eigenvalue weighted by atomic mass is 19.1. The molecule has 0 bridgehead atoms. The van der Waals surface area contributed by atoms with Crippen LogP contribution in [0.25, 0.3) is 0 Å². The van der Waals surface area contributed by atoms with Crippen molar-refractivity contribution in [3.63, 3.8) is 0 Å². The number of hydrogen-bond donors (Lipinski definition) is 0. The lowest BCUT2D eigenvalue weighted by Crippen LogP contribution is -2.54. The second kappa shape index (κ2) is 9.41. The van der Waals surface area contributed by atoms with Crippen LogP contribution >= 0.6 is 0 Å². The Morgan fingerprint density at radius 2 is 2.00 bits per heavy atom. The van der Waals surface area contributed by atoms with E-state index in [0.29, 0.717) is 31.9 Å². The van der Waals surface area contributed by atoms with E-state index in [4.69, 9.17) is 4.74 Å². The molecule has 0 radical (unpaired) electrons. The first kappa shape index (κ1) is 20.6. The second-order valence-electron chi connectivity index (χ2n) is 8.32. The van der Waals surface area contributed by atoms with Gasteiger partial charge in [-0.3, -0.25) is 4.79 Å². The Bertz CT molecular complexity index is 872. The van der Waals surface area contributed by atoms with E-state index in [2.05, 4.69) is 21.8 Å². The quantitative estimate of drug-likeness (QED) is 0.703. The van der Waals surface area contributed by atoms with Gasteiger partial charge in [0.05, 0.1) is 0 Å². The van der Waals surface area contributed by atoms with Crippen molar-refractivity contribution in [3.05, 3.63) is 42.5 Å². The number of nitrogens with zero attached hydrogens (tertiary/aromatic N) is 4. The van der Waals surface area contributed by atoms with E-state index in [0.717, 1.165) is 18.2 Å². The number of rotatable bonds is 6. The molecule has 160 valence electrons. The SMILES string of the molecule is C[C@H]1CN(c2cc(Oc3ccccc3F)ncn2)CCN1C(=O)CCC1CCCC1. The molecule has 1 aliphatic carbocycles. The summed E-state index contributed by atoms with van der Waals surface area (Å²) in [6.45, 7) is 4.16. The number of ether oxygens (including phenoxy) is 1. The molecule has 1 saturated carbocycles. The predicted molar refractivity (Wildman–Crippen MR) is 113 cm³/mol. The predicted octanol–water partition coefficient (Wildman–Crippen LogP) is 4.42. The Hall–Kier alpha value is -2.70. The van der Waals surface area contributed by atoms with Crippen molar-refractivity contribution in [1.29, 1.82) is 0 Å². The summed E-state index contributed by atoms with van der Waals surface area (Å²) in [5.74, 6) is 1.72. The van der Waals surface area contributed by atoms with E-state index >= 15 is 0 Å². The van der Waals surface area contributed by atoms with E-state index in [1.54, 1.807) is 24.3 Å². The number of halogens is 1. The summed E-state index contributed by atoms with van der Waals surface area (Å²) in [6, 6.07) is 8.07. The smallest absolute Gasteiger partial charge is 0.224 e. The van der Waals surface area contributed by atoms with Gasteiger partial charge in [0.1, 0.15) is 12.1 Å². The summed E-state index contributed by atoms with van der Waals surface area (Å²) in [6.07, 6.45) is 8.29. The van der Waals surface area contributed by atoms with E-state index in [1.165, 1.54) is 38.1 Å². The molecule has 2 aliphatic rings. The molecule has 30 heavy (non-hydrogen) atoms. The van der Waals surface area contributed by atoms with Crippen LogP contribution in [-0.4, -0.2) is 46.5 Å². The highest BCUT2D eigenvalue weighted by Gasteiger charge is 2.28. The van der Waals surface area contributed by atoms with Crippen LogP contribution < -0.4 is 9.64 Å². The van der Waals surface area contributed by atoms with Gasteiger partial charge < -0.3 is 14.5 Å². The van der Waals surface area contributed by atoms with Gasteiger partial charge in [-0.1, -0.05) is 37.8 Å². The third-order valence-corrected chi connectivity index (χ3v) is 6.19. The third kappa shape index (κ3) is 4.89. The Kier molecular flexibility index (Phi) is 6.45. The van der Waals surface area contributed by atoms with Gasteiger partial charge in [-0.15, -0.1) is 0 Å². The number of anilines is 1. The highest BCUT2D eigenvalue weighted by Crippen LogP contribution is 2.29. The van der Waals surface area contributed by atoms with Gasteiger partial charge in [0.2, 0.25) is 11.8 Å². The molecule has 0 spiro atoms. The number of carbonyl (C=O) groups excluding carboxylic acids is 1. The molecule has 7 heteroatoms. The van der Waals surface area contributed by atoms with Crippen molar-refractivity contribution < 1.29 is 13.9 Å². The minimum atomic E-state index is -0.434. The van der Waals surface area contributed by atoms with Crippen molar-refractivity contribution >= 4 is 11.7 Å². The molecule has 2 heterocycles. The lowest BCUT2D eigenvalue weighted by atomic mass is 10.0. The molecule has 1 saturated heterocycles. The summed E-state index contributed by atoms with van der Waals surface area (Å²) in [4.78, 5) is 25.3. The first-order valence-electron chi connectivity index (χ1n) is 10.9. The first-order valence-corrected chi connectivity index (χ1v) is 10.9. The van der Waals surface area contributed by atoms with Crippen LogP contribution in [0.4, 0.5) is 10.2 Å². The summed E-state index contributed by atoms with van der Waals surface area (Å²) >= 11 is 0. The first-order chi connectivity index (χ1) is 14.6. The van der Waals surface area contributed by atoms with Crippen molar-refractivity contribution in [2.75, 3.05) is 24.5 Å². The van der Waals surface area contributed by atoms with Crippen LogP contribution in [0.3, 0.4) is 0 Å². The van der Waals surface area contributed by atoms with Gasteiger partial charge in [-0.2, -0.15) is 0 Å². The lowest BCUT2D eigenvalue weighted by molar-refractivity contribution is -0.133. The zero-order chi connectivity index (χ0) is 20.9. The fourth-order valence-electron chi connectivity index (χ4n) is 4.51. The van der Waals surface area contributed by atoms with E-state index in [9.17, 15) is 9.18 Å². The van der Waals surface area contributed by atoms with Crippen molar-refractivity contribution in [3.8, 4) is 11.6 Å². The van der Waals surface area contributed by atoms with Gasteiger partial charge in [0.15, 0.2) is 11.6 Å². The fraction of sp³-hybridized carbons (Fsp3) is 0.522. The molecule has 1 aliphatic heterocycles. The third-order valence-electron chi connectivity index (χ3n) is 6.19. The number of piperazine rings is 1. The summed E-state index contributed by atoms with van der Waals surface area (Å²) < 4.78 is 19.4. The van der Waals surface area contributed by atoms with Gasteiger partial charge in [0, 0.05) is 38.2 Å². The molecular weight excluding hydrogens is 383 g/mol. The minimum Gasteiger partial charge on any atom is -0.436 e. The number of carbonyl (C=O) groups is 1. The molecule has 2 fully saturated rings. The van der Waals surface area contributed by atoms with Crippen LogP contribution in [0, 0.1) is 11.7 Å². The number of amides is 1. The zero-order valence-electron chi connectivity index (χ0n) is 17.5. The van der Waals surface area contributed by atoms with Gasteiger partial charge in [-0.05, 0) is 31.4 Å². The molecule has 1 aromatic carbocycles. The van der Waals surface area contributed by atoms with Crippen molar-refractivity contribution in [2.24, 2.45) is 5.92 Å². The van der Waals surface area contributed by atoms with Crippen LogP contribution in [0.1, 0.15) is 45.4 Å². The standard InChI is InChI=1S/C23H29FN4O2/c1-17-15-27(12-13-28(17)23(29)11-10-18-6-2-3-7-18)21-14-22(26-16-25-21)30-20-9-5-4-8-19(20)24/h4-5,8-9,14,16-18H,2-3,6-7,10-13,15H2,1H3/t17-/m0/s1. The Morgan fingerprint density at radius 1 is 1.20 bits per heavy atom. The van der Waals surface area contributed by atoms with Crippen LogP contribution in [-0.2, 0) is 4.79 Å². The molecule has 4 rings (SSSR count). The maximum Gasteiger partial charge on any atom is 0.224 e. The van der Waals surface area contributed by atoms with Crippen molar-refractivity contribution in [2.45, 2.75) is 51.5 Å². The number of para-hydroxylation sites is 1. The van der Waals surface area contributed by atoms with Gasteiger partial charge in [0.25, 0.3) is 0 Å². The van der Waals surface area contributed by atoms with Crippen LogP contribution in [0.15, 0.2) is 36.7 Å². The summed E-state index contributed by atoms with van der Waals surface area (Å²) in [5.41, 5.74) is 0. The van der Waals surface area contributed by atoms with E-state index in [1.807, 2.05) is 4.90 Å². The Balaban J connectivity index is 1.34. The maximum absolute atomic E-state index is 13.8. The van der Waals surface area contributed by atoms with Gasteiger partial charge >= 0.3 is 0 Å².